The van der Waals surface area contributed by atoms with Gasteiger partial charge in [0.25, 0.3) is 0 Å². The first-order chi connectivity index (χ1) is 6.39. The molecule has 2 fully saturated rings. The fraction of sp³-hybridized carbons (Fsp3) is 0.455. The number of nitrogens with one attached hydrogen (secondary N) is 1. The molecule has 1 N–H and O–H groups in total. The normalized spacial score (nSPS) is 36.8. The maximum absolute atomic E-state index is 5.86. The molecule has 0 radical (unpaired) electrons. The van der Waals surface area contributed by atoms with Gasteiger partial charge in [-0.05, 0) is 12.0 Å². The van der Waals surface area contributed by atoms with E-state index in [2.05, 4.69) is 35.6 Å². The Kier molecular flexibility index (Phi) is 1.49. The van der Waals surface area contributed by atoms with Gasteiger partial charge in [-0.3, -0.25) is 0 Å². The lowest BCUT2D eigenvalue weighted by atomic mass is 9.93. The molecule has 1 aromatic rings. The van der Waals surface area contributed by atoms with E-state index in [1.54, 1.807) is 0 Å². The Bertz CT molecular complexity index is 301. The van der Waals surface area contributed by atoms with Gasteiger partial charge in [0.1, 0.15) is 5.60 Å². The maximum atomic E-state index is 5.86. The summed E-state index contributed by atoms with van der Waals surface area (Å²) in [6, 6.07) is 11.1. The van der Waals surface area contributed by atoms with Gasteiger partial charge in [0, 0.05) is 12.6 Å². The second kappa shape index (κ2) is 2.56. The predicted octanol–water partition coefficient (Wildman–Crippen LogP) is 1.27. The molecule has 2 atom stereocenters. The van der Waals surface area contributed by atoms with Crippen LogP contribution in [-0.2, 0) is 10.3 Å². The number of morpholine rings is 1. The third-order valence-corrected chi connectivity index (χ3v) is 3.11. The van der Waals surface area contributed by atoms with Crippen molar-refractivity contribution in [2.75, 3.05) is 13.2 Å². The van der Waals surface area contributed by atoms with Crippen molar-refractivity contribution in [3.05, 3.63) is 35.9 Å². The Hall–Kier alpha value is -0.860. The van der Waals surface area contributed by atoms with Crippen LogP contribution in [0.1, 0.15) is 12.0 Å². The zero-order valence-corrected chi connectivity index (χ0v) is 7.49. The van der Waals surface area contributed by atoms with Gasteiger partial charge in [0.15, 0.2) is 0 Å². The summed E-state index contributed by atoms with van der Waals surface area (Å²) in [7, 11) is 0. The Labute approximate surface area is 77.9 Å². The molecule has 2 saturated heterocycles. The van der Waals surface area contributed by atoms with Gasteiger partial charge in [0.2, 0.25) is 0 Å². The van der Waals surface area contributed by atoms with Crippen LogP contribution in [0.4, 0.5) is 0 Å². The number of rotatable bonds is 1. The van der Waals surface area contributed by atoms with Gasteiger partial charge in [-0.2, -0.15) is 0 Å². The average molecular weight is 175 g/mol. The molecule has 1 aromatic carbocycles. The van der Waals surface area contributed by atoms with Crippen molar-refractivity contribution in [3.63, 3.8) is 0 Å². The van der Waals surface area contributed by atoms with E-state index in [0.29, 0.717) is 6.04 Å². The van der Waals surface area contributed by atoms with Crippen LogP contribution >= 0.6 is 0 Å². The first kappa shape index (κ1) is 7.54. The molecule has 2 aliphatic heterocycles. The van der Waals surface area contributed by atoms with Crippen molar-refractivity contribution < 1.29 is 4.74 Å². The lowest BCUT2D eigenvalue weighted by molar-refractivity contribution is -0.00958. The molecule has 13 heavy (non-hydrogen) atoms. The quantitative estimate of drug-likeness (QED) is 0.694. The third-order valence-electron chi connectivity index (χ3n) is 3.11. The molecule has 0 saturated carbocycles. The van der Waals surface area contributed by atoms with Crippen LogP contribution in [0.5, 0.6) is 0 Å². The number of ether oxygens (including phenoxy) is 1. The second-order valence-electron chi connectivity index (χ2n) is 3.95. The van der Waals surface area contributed by atoms with E-state index in [-0.39, 0.29) is 5.60 Å². The van der Waals surface area contributed by atoms with E-state index in [0.717, 1.165) is 19.6 Å². The molecule has 2 heteroatoms. The number of hydrogen-bond acceptors (Lipinski definition) is 2. The van der Waals surface area contributed by atoms with Crippen LogP contribution in [0, 0.1) is 0 Å². The van der Waals surface area contributed by atoms with Crippen molar-refractivity contribution in [1.29, 1.82) is 0 Å². The summed E-state index contributed by atoms with van der Waals surface area (Å²) in [5.41, 5.74) is 1.31. The molecule has 2 nitrogen and oxygen atoms in total. The number of hydrogen-bond donors (Lipinski definition) is 1. The summed E-state index contributed by atoms with van der Waals surface area (Å²) in [4.78, 5) is 0. The molecule has 0 aromatic heterocycles. The van der Waals surface area contributed by atoms with Crippen LogP contribution in [0.2, 0.25) is 0 Å². The van der Waals surface area contributed by atoms with E-state index >= 15 is 0 Å². The van der Waals surface area contributed by atoms with Gasteiger partial charge >= 0.3 is 0 Å². The Morgan fingerprint density at radius 2 is 2.15 bits per heavy atom. The largest absolute Gasteiger partial charge is 0.367 e. The fourth-order valence-corrected chi connectivity index (χ4v) is 2.38. The number of benzene rings is 1. The summed E-state index contributed by atoms with van der Waals surface area (Å²) in [6.45, 7) is 1.84. The molecule has 0 spiro atoms. The highest BCUT2D eigenvalue weighted by molar-refractivity contribution is 5.26. The van der Waals surface area contributed by atoms with Crippen LogP contribution in [-0.4, -0.2) is 19.2 Å². The van der Waals surface area contributed by atoms with Crippen LogP contribution in [0.25, 0.3) is 0 Å². The highest BCUT2D eigenvalue weighted by atomic mass is 16.5. The molecule has 3 rings (SSSR count). The topological polar surface area (TPSA) is 21.3 Å². The standard InChI is InChI=1S/C11H13NO/c1-2-4-9(5-3-1)11-6-10(7-13-11)12-8-11/h1-5,10,12H,6-8H2/t10-,11-/m0/s1. The molecule has 68 valence electrons. The molecule has 2 heterocycles. The predicted molar refractivity (Wildman–Crippen MR) is 50.5 cm³/mol. The minimum atomic E-state index is -0.00801. The van der Waals surface area contributed by atoms with Gasteiger partial charge < -0.3 is 10.1 Å². The lowest BCUT2D eigenvalue weighted by Gasteiger charge is -2.27. The maximum Gasteiger partial charge on any atom is 0.107 e. The van der Waals surface area contributed by atoms with Gasteiger partial charge in [0.05, 0.1) is 6.61 Å². The minimum absolute atomic E-state index is 0.00801. The van der Waals surface area contributed by atoms with Crippen molar-refractivity contribution >= 4 is 0 Å². The Morgan fingerprint density at radius 1 is 1.31 bits per heavy atom. The first-order valence-electron chi connectivity index (χ1n) is 4.82. The lowest BCUT2D eigenvalue weighted by Crippen LogP contribution is -2.37. The summed E-state index contributed by atoms with van der Waals surface area (Å²) < 4.78 is 5.86. The Balaban J connectivity index is 2.00. The molecule has 0 amide bonds. The van der Waals surface area contributed by atoms with E-state index in [1.165, 1.54) is 5.56 Å². The zero-order chi connectivity index (χ0) is 8.73. The smallest absolute Gasteiger partial charge is 0.107 e. The molecule has 0 aliphatic carbocycles. The van der Waals surface area contributed by atoms with Gasteiger partial charge in [-0.1, -0.05) is 30.3 Å². The first-order valence-corrected chi connectivity index (χ1v) is 4.82. The van der Waals surface area contributed by atoms with Crippen molar-refractivity contribution in [3.8, 4) is 0 Å². The van der Waals surface area contributed by atoms with Crippen LogP contribution in [0.15, 0.2) is 30.3 Å². The molecular weight excluding hydrogens is 162 g/mol. The van der Waals surface area contributed by atoms with Crippen molar-refractivity contribution in [2.45, 2.75) is 18.1 Å². The highest BCUT2D eigenvalue weighted by Gasteiger charge is 2.47. The second-order valence-corrected chi connectivity index (χ2v) is 3.95. The van der Waals surface area contributed by atoms with Crippen molar-refractivity contribution in [1.82, 2.24) is 5.32 Å². The van der Waals surface area contributed by atoms with Crippen LogP contribution in [0.3, 0.4) is 0 Å². The summed E-state index contributed by atoms with van der Waals surface area (Å²) >= 11 is 0. The number of fused-ring (bicyclic) bond motifs is 2. The van der Waals surface area contributed by atoms with Gasteiger partial charge in [-0.15, -0.1) is 0 Å². The molecule has 2 bridgehead atoms. The molecular formula is C11H13NO. The van der Waals surface area contributed by atoms with E-state index < -0.39 is 0 Å². The summed E-state index contributed by atoms with van der Waals surface area (Å²) in [5.74, 6) is 0. The van der Waals surface area contributed by atoms with Crippen LogP contribution < -0.4 is 5.32 Å². The van der Waals surface area contributed by atoms with Crippen molar-refractivity contribution in [2.24, 2.45) is 0 Å². The summed E-state index contributed by atoms with van der Waals surface area (Å²) in [6.07, 6.45) is 1.14. The highest BCUT2D eigenvalue weighted by Crippen LogP contribution is 2.39. The van der Waals surface area contributed by atoms with E-state index in [4.69, 9.17) is 4.74 Å². The molecule has 2 aliphatic rings. The fourth-order valence-electron chi connectivity index (χ4n) is 2.38. The van der Waals surface area contributed by atoms with Gasteiger partial charge in [-0.25, -0.2) is 0 Å². The third kappa shape index (κ3) is 1.02. The van der Waals surface area contributed by atoms with E-state index in [1.807, 2.05) is 0 Å². The summed E-state index contributed by atoms with van der Waals surface area (Å²) in [5, 5.41) is 3.47. The Morgan fingerprint density at radius 3 is 2.69 bits per heavy atom. The minimum Gasteiger partial charge on any atom is -0.367 e. The van der Waals surface area contributed by atoms with E-state index in [9.17, 15) is 0 Å². The zero-order valence-electron chi connectivity index (χ0n) is 7.49. The SMILES string of the molecule is c1ccc([C@]23CN[C@H](CO2)C3)cc1. The molecule has 0 unspecified atom stereocenters. The monoisotopic (exact) mass is 175 g/mol. The average Bonchev–Trinajstić information content (AvgIpc) is 2.80.